The van der Waals surface area contributed by atoms with E-state index in [1.165, 1.54) is 0 Å². The van der Waals surface area contributed by atoms with Gasteiger partial charge in [-0.3, -0.25) is 4.79 Å². The first-order valence-corrected chi connectivity index (χ1v) is 7.76. The van der Waals surface area contributed by atoms with Crippen LogP contribution >= 0.6 is 23.1 Å². The van der Waals surface area contributed by atoms with Crippen molar-refractivity contribution >= 4 is 29.0 Å². The highest BCUT2D eigenvalue weighted by atomic mass is 32.2. The molecule has 0 fully saturated rings. The summed E-state index contributed by atoms with van der Waals surface area (Å²) in [4.78, 5) is 12.9. The molecule has 1 aromatic heterocycles. The average Bonchev–Trinajstić information content (AvgIpc) is 2.78. The number of thiophene rings is 1. The molecule has 0 saturated heterocycles. The molecule has 2 atom stereocenters. The summed E-state index contributed by atoms with van der Waals surface area (Å²) in [5.41, 5.74) is -0.843. The summed E-state index contributed by atoms with van der Waals surface area (Å²) in [6.45, 7) is 3.91. The number of hydrogen-bond acceptors (Lipinski definition) is 4. The molecular formula is C12H19NO2S2. The standard InChI is InChI=1S/C12H19NO2S2/c1-9(10-5-4-6-17-10)11(14)13-7-12(2,15)8-16-3/h4-6,9,15H,7-8H2,1-3H3,(H,13,14). The summed E-state index contributed by atoms with van der Waals surface area (Å²) in [7, 11) is 0. The molecule has 17 heavy (non-hydrogen) atoms. The van der Waals surface area contributed by atoms with Gasteiger partial charge in [0.25, 0.3) is 0 Å². The van der Waals surface area contributed by atoms with Gasteiger partial charge >= 0.3 is 0 Å². The zero-order chi connectivity index (χ0) is 12.9. The summed E-state index contributed by atoms with van der Waals surface area (Å²) in [5.74, 6) is 0.426. The first-order valence-electron chi connectivity index (χ1n) is 5.49. The minimum Gasteiger partial charge on any atom is -0.387 e. The fraction of sp³-hybridized carbons (Fsp3) is 0.583. The second-order valence-corrected chi connectivity index (χ2v) is 6.23. The van der Waals surface area contributed by atoms with Crippen LogP contribution in [0.15, 0.2) is 17.5 Å². The minimum absolute atomic E-state index is 0.0335. The van der Waals surface area contributed by atoms with E-state index in [1.807, 2.05) is 30.7 Å². The summed E-state index contributed by atoms with van der Waals surface area (Å²) < 4.78 is 0. The molecule has 0 aliphatic rings. The van der Waals surface area contributed by atoms with Gasteiger partial charge in [0.1, 0.15) is 0 Å². The molecule has 0 saturated carbocycles. The van der Waals surface area contributed by atoms with E-state index < -0.39 is 5.60 Å². The molecule has 1 amide bonds. The van der Waals surface area contributed by atoms with E-state index in [9.17, 15) is 9.90 Å². The smallest absolute Gasteiger partial charge is 0.228 e. The van der Waals surface area contributed by atoms with Gasteiger partial charge in [0.2, 0.25) is 5.91 Å². The molecular weight excluding hydrogens is 254 g/mol. The van der Waals surface area contributed by atoms with Crippen molar-refractivity contribution < 1.29 is 9.90 Å². The van der Waals surface area contributed by atoms with Gasteiger partial charge in [0, 0.05) is 17.2 Å². The number of aliphatic hydroxyl groups is 1. The highest BCUT2D eigenvalue weighted by Gasteiger charge is 2.23. The first-order chi connectivity index (χ1) is 7.96. The molecule has 5 heteroatoms. The molecule has 2 N–H and O–H groups in total. The number of amides is 1. The maximum atomic E-state index is 11.9. The highest BCUT2D eigenvalue weighted by molar-refractivity contribution is 7.98. The van der Waals surface area contributed by atoms with Crippen LogP contribution < -0.4 is 5.32 Å². The molecule has 2 unspecified atom stereocenters. The van der Waals surface area contributed by atoms with Crippen molar-refractivity contribution in [3.8, 4) is 0 Å². The molecule has 1 aromatic rings. The maximum absolute atomic E-state index is 11.9. The molecule has 0 bridgehead atoms. The van der Waals surface area contributed by atoms with Crippen LogP contribution in [0, 0.1) is 0 Å². The lowest BCUT2D eigenvalue weighted by Crippen LogP contribution is -2.43. The Morgan fingerprint density at radius 2 is 2.41 bits per heavy atom. The van der Waals surface area contributed by atoms with Crippen LogP contribution in [0.1, 0.15) is 24.6 Å². The number of thioether (sulfide) groups is 1. The lowest BCUT2D eigenvalue weighted by atomic mass is 10.1. The van der Waals surface area contributed by atoms with Crippen molar-refractivity contribution in [3.05, 3.63) is 22.4 Å². The highest BCUT2D eigenvalue weighted by Crippen LogP contribution is 2.20. The van der Waals surface area contributed by atoms with Crippen LogP contribution in [-0.2, 0) is 4.79 Å². The number of rotatable bonds is 6. The second-order valence-electron chi connectivity index (χ2n) is 4.38. The normalized spacial score (nSPS) is 16.2. The van der Waals surface area contributed by atoms with Crippen molar-refractivity contribution in [2.75, 3.05) is 18.6 Å². The Hall–Kier alpha value is -0.520. The van der Waals surface area contributed by atoms with Gasteiger partial charge in [-0.25, -0.2) is 0 Å². The first kappa shape index (κ1) is 14.5. The third-order valence-corrected chi connectivity index (χ3v) is 4.43. The van der Waals surface area contributed by atoms with Gasteiger partial charge in [0.15, 0.2) is 0 Å². The fourth-order valence-corrected chi connectivity index (χ4v) is 2.97. The van der Waals surface area contributed by atoms with E-state index in [2.05, 4.69) is 5.32 Å². The van der Waals surface area contributed by atoms with Crippen LogP contribution in [-0.4, -0.2) is 35.2 Å². The number of nitrogens with one attached hydrogen (secondary N) is 1. The minimum atomic E-state index is -0.843. The van der Waals surface area contributed by atoms with Crippen molar-refractivity contribution in [3.63, 3.8) is 0 Å². The Bertz CT molecular complexity index is 349. The molecule has 0 spiro atoms. The third kappa shape index (κ3) is 4.69. The fourth-order valence-electron chi connectivity index (χ4n) is 1.46. The monoisotopic (exact) mass is 273 g/mol. The van der Waals surface area contributed by atoms with Crippen molar-refractivity contribution in [1.82, 2.24) is 5.32 Å². The Labute approximate surface area is 111 Å². The van der Waals surface area contributed by atoms with E-state index >= 15 is 0 Å². The number of carbonyl (C=O) groups is 1. The van der Waals surface area contributed by atoms with Crippen molar-refractivity contribution in [2.45, 2.75) is 25.4 Å². The quantitative estimate of drug-likeness (QED) is 0.834. The maximum Gasteiger partial charge on any atom is 0.228 e. The molecule has 0 aliphatic carbocycles. The molecule has 96 valence electrons. The van der Waals surface area contributed by atoms with Gasteiger partial charge in [0.05, 0.1) is 11.5 Å². The van der Waals surface area contributed by atoms with Gasteiger partial charge in [-0.2, -0.15) is 11.8 Å². The van der Waals surface area contributed by atoms with Crippen LogP contribution in [0.3, 0.4) is 0 Å². The largest absolute Gasteiger partial charge is 0.387 e. The van der Waals surface area contributed by atoms with Gasteiger partial charge < -0.3 is 10.4 Å². The lowest BCUT2D eigenvalue weighted by Gasteiger charge is -2.23. The Morgan fingerprint density at radius 1 is 1.71 bits per heavy atom. The zero-order valence-electron chi connectivity index (χ0n) is 10.4. The van der Waals surface area contributed by atoms with Crippen molar-refractivity contribution in [1.29, 1.82) is 0 Å². The number of hydrogen-bond donors (Lipinski definition) is 2. The van der Waals surface area contributed by atoms with E-state index in [1.54, 1.807) is 30.0 Å². The Morgan fingerprint density at radius 3 is 2.94 bits per heavy atom. The van der Waals surface area contributed by atoms with Gasteiger partial charge in [-0.05, 0) is 31.5 Å². The van der Waals surface area contributed by atoms with E-state index in [0.717, 1.165) is 4.88 Å². The van der Waals surface area contributed by atoms with E-state index in [0.29, 0.717) is 12.3 Å². The second kappa shape index (κ2) is 6.42. The molecule has 1 rings (SSSR count). The van der Waals surface area contributed by atoms with Gasteiger partial charge in [-0.1, -0.05) is 6.07 Å². The molecule has 3 nitrogen and oxygen atoms in total. The Kier molecular flexibility index (Phi) is 5.49. The van der Waals surface area contributed by atoms with Crippen LogP contribution in [0.5, 0.6) is 0 Å². The van der Waals surface area contributed by atoms with E-state index in [-0.39, 0.29) is 11.8 Å². The van der Waals surface area contributed by atoms with Gasteiger partial charge in [-0.15, -0.1) is 11.3 Å². The summed E-state index contributed by atoms with van der Waals surface area (Å²) >= 11 is 3.14. The third-order valence-electron chi connectivity index (χ3n) is 2.46. The molecule has 1 heterocycles. The topological polar surface area (TPSA) is 49.3 Å². The average molecular weight is 273 g/mol. The van der Waals surface area contributed by atoms with Crippen molar-refractivity contribution in [2.24, 2.45) is 0 Å². The van der Waals surface area contributed by atoms with Crippen LogP contribution in [0.2, 0.25) is 0 Å². The zero-order valence-corrected chi connectivity index (χ0v) is 12.0. The predicted octanol–water partition coefficient (Wildman–Crippen LogP) is 2.08. The molecule has 0 aliphatic heterocycles. The molecule has 0 radical (unpaired) electrons. The van der Waals surface area contributed by atoms with E-state index in [4.69, 9.17) is 0 Å². The SMILES string of the molecule is CSCC(C)(O)CNC(=O)C(C)c1cccs1. The summed E-state index contributed by atoms with van der Waals surface area (Å²) in [5, 5.41) is 14.7. The molecule has 0 aromatic carbocycles. The number of carbonyl (C=O) groups excluding carboxylic acids is 1. The summed E-state index contributed by atoms with van der Waals surface area (Å²) in [6.07, 6.45) is 1.94. The van der Waals surface area contributed by atoms with Crippen LogP contribution in [0.4, 0.5) is 0 Å². The predicted molar refractivity (Wildman–Crippen MR) is 74.7 cm³/mol. The Balaban J connectivity index is 2.45. The van der Waals surface area contributed by atoms with Crippen LogP contribution in [0.25, 0.3) is 0 Å². The summed E-state index contributed by atoms with van der Waals surface area (Å²) in [6, 6.07) is 3.89. The lowest BCUT2D eigenvalue weighted by molar-refractivity contribution is -0.123.